The third-order valence-electron chi connectivity index (χ3n) is 3.60. The molecule has 2 aromatic carbocycles. The Labute approximate surface area is 151 Å². The number of hydrogen-bond acceptors (Lipinski definition) is 5. The number of hydrogen-bond donors (Lipinski definition) is 1. The summed E-state index contributed by atoms with van der Waals surface area (Å²) in [6, 6.07) is 14.9. The van der Waals surface area contributed by atoms with Gasteiger partial charge in [0.2, 0.25) is 5.91 Å². The summed E-state index contributed by atoms with van der Waals surface area (Å²) in [5, 5.41) is 2.76. The number of benzene rings is 2. The van der Waals surface area contributed by atoms with Crippen LogP contribution in [0, 0.1) is 0 Å². The fourth-order valence-corrected chi connectivity index (χ4v) is 2.29. The SMILES string of the molecule is COc1ccc(OCCNC(=O)/C=C/c2cnc3ccccc3n2)cc1. The van der Waals surface area contributed by atoms with Crippen LogP contribution in [0.25, 0.3) is 17.1 Å². The zero-order valence-electron chi connectivity index (χ0n) is 14.4. The largest absolute Gasteiger partial charge is 0.497 e. The minimum absolute atomic E-state index is 0.210. The Kier molecular flexibility index (Phi) is 5.77. The lowest BCUT2D eigenvalue weighted by Gasteiger charge is -2.07. The van der Waals surface area contributed by atoms with Gasteiger partial charge in [-0.25, -0.2) is 4.98 Å². The number of carbonyl (C=O) groups is 1. The first-order valence-electron chi connectivity index (χ1n) is 8.19. The molecule has 0 atom stereocenters. The molecular formula is C20H19N3O3. The second-order valence-corrected chi connectivity index (χ2v) is 5.43. The Morgan fingerprint density at radius 2 is 1.81 bits per heavy atom. The van der Waals surface area contributed by atoms with Crippen LogP contribution in [0.2, 0.25) is 0 Å². The molecule has 0 aliphatic rings. The molecule has 0 aliphatic heterocycles. The molecule has 0 unspecified atom stereocenters. The van der Waals surface area contributed by atoms with Crippen LogP contribution in [0.4, 0.5) is 0 Å². The van der Waals surface area contributed by atoms with Crippen molar-refractivity contribution in [1.82, 2.24) is 15.3 Å². The van der Waals surface area contributed by atoms with Crippen molar-refractivity contribution >= 4 is 23.0 Å². The molecule has 0 bridgehead atoms. The molecule has 0 spiro atoms. The third kappa shape index (κ3) is 4.80. The number of methoxy groups -OCH3 is 1. The van der Waals surface area contributed by atoms with Crippen LogP contribution in [-0.2, 0) is 4.79 Å². The molecule has 1 amide bonds. The van der Waals surface area contributed by atoms with Crippen LogP contribution >= 0.6 is 0 Å². The lowest BCUT2D eigenvalue weighted by molar-refractivity contribution is -0.116. The highest BCUT2D eigenvalue weighted by Crippen LogP contribution is 2.16. The third-order valence-corrected chi connectivity index (χ3v) is 3.60. The van der Waals surface area contributed by atoms with Gasteiger partial charge in [0, 0.05) is 6.08 Å². The van der Waals surface area contributed by atoms with E-state index in [0.29, 0.717) is 18.8 Å². The summed E-state index contributed by atoms with van der Waals surface area (Å²) in [6.45, 7) is 0.778. The van der Waals surface area contributed by atoms with Gasteiger partial charge in [-0.05, 0) is 42.5 Å². The van der Waals surface area contributed by atoms with Gasteiger partial charge >= 0.3 is 0 Å². The molecule has 1 heterocycles. The normalized spacial score (nSPS) is 10.8. The average Bonchev–Trinajstić information content (AvgIpc) is 2.70. The molecule has 1 aromatic heterocycles. The molecule has 6 heteroatoms. The number of amides is 1. The van der Waals surface area contributed by atoms with Crippen LogP contribution < -0.4 is 14.8 Å². The monoisotopic (exact) mass is 349 g/mol. The number of nitrogens with zero attached hydrogens (tertiary/aromatic N) is 2. The van der Waals surface area contributed by atoms with E-state index >= 15 is 0 Å². The first-order chi connectivity index (χ1) is 12.7. The smallest absolute Gasteiger partial charge is 0.244 e. The van der Waals surface area contributed by atoms with Gasteiger partial charge in [-0.3, -0.25) is 9.78 Å². The summed E-state index contributed by atoms with van der Waals surface area (Å²) < 4.78 is 10.6. The van der Waals surface area contributed by atoms with Gasteiger partial charge in [0.1, 0.15) is 18.1 Å². The quantitative estimate of drug-likeness (QED) is 0.524. The van der Waals surface area contributed by atoms with E-state index in [2.05, 4.69) is 15.3 Å². The molecule has 0 aliphatic carbocycles. The highest BCUT2D eigenvalue weighted by atomic mass is 16.5. The number of para-hydroxylation sites is 2. The maximum Gasteiger partial charge on any atom is 0.244 e. The van der Waals surface area contributed by atoms with Crippen LogP contribution in [0.15, 0.2) is 60.8 Å². The number of carbonyl (C=O) groups excluding carboxylic acids is 1. The lowest BCUT2D eigenvalue weighted by Crippen LogP contribution is -2.26. The number of fused-ring (bicyclic) bond motifs is 1. The Balaban J connectivity index is 1.44. The van der Waals surface area contributed by atoms with E-state index in [1.54, 1.807) is 19.4 Å². The minimum atomic E-state index is -0.210. The molecule has 3 aromatic rings. The van der Waals surface area contributed by atoms with E-state index in [1.165, 1.54) is 6.08 Å². The van der Waals surface area contributed by atoms with Gasteiger partial charge in [-0.1, -0.05) is 12.1 Å². The van der Waals surface area contributed by atoms with Crippen molar-refractivity contribution in [1.29, 1.82) is 0 Å². The van der Waals surface area contributed by atoms with Crippen molar-refractivity contribution in [2.45, 2.75) is 0 Å². The predicted molar refractivity (Wildman–Crippen MR) is 100 cm³/mol. The van der Waals surface area contributed by atoms with Crippen molar-refractivity contribution in [2.24, 2.45) is 0 Å². The van der Waals surface area contributed by atoms with E-state index in [0.717, 1.165) is 22.5 Å². The number of ether oxygens (including phenoxy) is 2. The second-order valence-electron chi connectivity index (χ2n) is 5.43. The summed E-state index contributed by atoms with van der Waals surface area (Å²) >= 11 is 0. The number of nitrogens with one attached hydrogen (secondary N) is 1. The molecule has 0 radical (unpaired) electrons. The van der Waals surface area contributed by atoms with E-state index in [4.69, 9.17) is 9.47 Å². The number of aromatic nitrogens is 2. The Bertz CT molecular complexity index is 908. The minimum Gasteiger partial charge on any atom is -0.497 e. The van der Waals surface area contributed by atoms with Crippen molar-refractivity contribution in [2.75, 3.05) is 20.3 Å². The van der Waals surface area contributed by atoms with Gasteiger partial charge in [-0.2, -0.15) is 0 Å². The summed E-state index contributed by atoms with van der Waals surface area (Å²) in [7, 11) is 1.61. The Hall–Kier alpha value is -3.41. The molecule has 0 fully saturated rings. The Morgan fingerprint density at radius 1 is 1.08 bits per heavy atom. The molecular weight excluding hydrogens is 330 g/mol. The van der Waals surface area contributed by atoms with Crippen LogP contribution in [0.1, 0.15) is 5.69 Å². The van der Waals surface area contributed by atoms with Gasteiger partial charge in [-0.15, -0.1) is 0 Å². The first-order valence-corrected chi connectivity index (χ1v) is 8.19. The van der Waals surface area contributed by atoms with Crippen LogP contribution in [0.5, 0.6) is 11.5 Å². The summed E-state index contributed by atoms with van der Waals surface area (Å²) in [6.07, 6.45) is 4.71. The average molecular weight is 349 g/mol. The molecule has 6 nitrogen and oxygen atoms in total. The first kappa shape index (κ1) is 17.4. The topological polar surface area (TPSA) is 73.3 Å². The van der Waals surface area contributed by atoms with Crippen molar-refractivity contribution < 1.29 is 14.3 Å². The summed E-state index contributed by atoms with van der Waals surface area (Å²) in [5.74, 6) is 1.29. The van der Waals surface area contributed by atoms with E-state index in [1.807, 2.05) is 48.5 Å². The van der Waals surface area contributed by atoms with Crippen LogP contribution in [0.3, 0.4) is 0 Å². The van der Waals surface area contributed by atoms with Gasteiger partial charge < -0.3 is 14.8 Å². The molecule has 132 valence electrons. The zero-order valence-corrected chi connectivity index (χ0v) is 14.4. The maximum atomic E-state index is 11.9. The molecule has 3 rings (SSSR count). The lowest BCUT2D eigenvalue weighted by atomic mass is 10.3. The van der Waals surface area contributed by atoms with Crippen LogP contribution in [-0.4, -0.2) is 36.1 Å². The standard InChI is InChI=1S/C20H19N3O3/c1-25-16-7-9-17(10-8-16)26-13-12-21-20(24)11-6-15-14-22-18-4-2-3-5-19(18)23-15/h2-11,14H,12-13H2,1H3,(H,21,24)/b11-6+. The van der Waals surface area contributed by atoms with E-state index in [-0.39, 0.29) is 5.91 Å². The van der Waals surface area contributed by atoms with Crippen molar-refractivity contribution in [3.8, 4) is 11.5 Å². The highest BCUT2D eigenvalue weighted by Gasteiger charge is 1.99. The predicted octanol–water partition coefficient (Wildman–Crippen LogP) is 2.85. The van der Waals surface area contributed by atoms with E-state index < -0.39 is 0 Å². The molecule has 26 heavy (non-hydrogen) atoms. The highest BCUT2D eigenvalue weighted by molar-refractivity contribution is 5.91. The molecule has 1 N–H and O–H groups in total. The Morgan fingerprint density at radius 3 is 2.58 bits per heavy atom. The molecule has 0 saturated carbocycles. The summed E-state index contributed by atoms with van der Waals surface area (Å²) in [5.41, 5.74) is 2.25. The molecule has 0 saturated heterocycles. The van der Waals surface area contributed by atoms with Gasteiger partial charge in [0.25, 0.3) is 0 Å². The fourth-order valence-electron chi connectivity index (χ4n) is 2.29. The zero-order chi connectivity index (χ0) is 18.2. The number of rotatable bonds is 7. The van der Waals surface area contributed by atoms with E-state index in [9.17, 15) is 4.79 Å². The van der Waals surface area contributed by atoms with Crippen molar-refractivity contribution in [3.63, 3.8) is 0 Å². The fraction of sp³-hybridized carbons (Fsp3) is 0.150. The maximum absolute atomic E-state index is 11.9. The van der Waals surface area contributed by atoms with Gasteiger partial charge in [0.15, 0.2) is 0 Å². The summed E-state index contributed by atoms with van der Waals surface area (Å²) in [4.78, 5) is 20.6. The van der Waals surface area contributed by atoms with Gasteiger partial charge in [0.05, 0.1) is 36.6 Å². The second kappa shape index (κ2) is 8.62. The van der Waals surface area contributed by atoms with Crippen molar-refractivity contribution in [3.05, 3.63) is 66.5 Å².